The van der Waals surface area contributed by atoms with Crippen LogP contribution in [0, 0.1) is 0 Å². The van der Waals surface area contributed by atoms with E-state index >= 15 is 0 Å². The van der Waals surface area contributed by atoms with Gasteiger partial charge in [-0.15, -0.1) is 0 Å². The Bertz CT molecular complexity index is 393. The van der Waals surface area contributed by atoms with Gasteiger partial charge in [-0.25, -0.2) is 0 Å². The van der Waals surface area contributed by atoms with Crippen LogP contribution in [-0.2, 0) is 11.3 Å². The zero-order chi connectivity index (χ0) is 11.4. The zero-order valence-electron chi connectivity index (χ0n) is 9.08. The van der Waals surface area contributed by atoms with Gasteiger partial charge in [0.25, 0.3) is 0 Å². The molecule has 1 aliphatic heterocycles. The molecule has 2 N–H and O–H groups in total. The van der Waals surface area contributed by atoms with Crippen LogP contribution in [0.2, 0.25) is 0 Å². The van der Waals surface area contributed by atoms with Crippen LogP contribution in [0.4, 0.5) is 0 Å². The van der Waals surface area contributed by atoms with Gasteiger partial charge in [0, 0.05) is 19.2 Å². The van der Waals surface area contributed by atoms with E-state index in [1.165, 1.54) is 0 Å². The number of hydrogen-bond acceptors (Lipinski definition) is 4. The predicted octanol–water partition coefficient (Wildman–Crippen LogP) is 0.251. The highest BCUT2D eigenvalue weighted by molar-refractivity contribution is 5.77. The molecule has 86 valence electrons. The molecule has 1 aromatic rings. The fraction of sp³-hybridized carbons (Fsp3) is 0.364. The molecule has 1 amide bonds. The van der Waals surface area contributed by atoms with Gasteiger partial charge in [0.05, 0.1) is 6.54 Å². The van der Waals surface area contributed by atoms with Crippen molar-refractivity contribution >= 4 is 5.91 Å². The summed E-state index contributed by atoms with van der Waals surface area (Å²) in [5.74, 6) is 1.50. The predicted molar refractivity (Wildman–Crippen MR) is 58.3 cm³/mol. The molecular weight excluding hydrogens is 208 g/mol. The minimum atomic E-state index is -0.0373. The van der Waals surface area contributed by atoms with E-state index in [2.05, 4.69) is 10.6 Å². The number of likely N-dealkylation sites (N-methyl/N-ethyl adjacent to an activating group) is 1. The van der Waals surface area contributed by atoms with Crippen molar-refractivity contribution in [2.24, 2.45) is 0 Å². The normalized spacial score (nSPS) is 12.6. The molecule has 5 nitrogen and oxygen atoms in total. The van der Waals surface area contributed by atoms with E-state index in [1.807, 2.05) is 18.2 Å². The average Bonchev–Trinajstić information content (AvgIpc) is 2.77. The van der Waals surface area contributed by atoms with Crippen molar-refractivity contribution < 1.29 is 14.3 Å². The summed E-state index contributed by atoms with van der Waals surface area (Å²) in [6, 6.07) is 5.72. The summed E-state index contributed by atoms with van der Waals surface area (Å²) in [6.07, 6.45) is 0. The number of rotatable bonds is 4. The Kier molecular flexibility index (Phi) is 3.26. The van der Waals surface area contributed by atoms with Crippen molar-refractivity contribution in [2.45, 2.75) is 6.54 Å². The lowest BCUT2D eigenvalue weighted by Gasteiger charge is -2.06. The largest absolute Gasteiger partial charge is 0.454 e. The molecule has 2 rings (SSSR count). The number of carbonyl (C=O) groups is 1. The van der Waals surface area contributed by atoms with Gasteiger partial charge in [0.15, 0.2) is 11.5 Å². The Balaban J connectivity index is 1.95. The van der Waals surface area contributed by atoms with Gasteiger partial charge < -0.3 is 20.1 Å². The number of para-hydroxylation sites is 1. The first-order valence-corrected chi connectivity index (χ1v) is 5.10. The second-order valence-corrected chi connectivity index (χ2v) is 3.43. The maximum Gasteiger partial charge on any atom is 0.233 e. The lowest BCUT2D eigenvalue weighted by molar-refractivity contribution is -0.119. The molecule has 0 saturated heterocycles. The van der Waals surface area contributed by atoms with Crippen LogP contribution in [-0.4, -0.2) is 26.3 Å². The number of nitrogens with one attached hydrogen (secondary N) is 2. The number of benzene rings is 1. The quantitative estimate of drug-likeness (QED) is 0.766. The second kappa shape index (κ2) is 4.85. The van der Waals surface area contributed by atoms with E-state index < -0.39 is 0 Å². The standard InChI is InChI=1S/C11H14N2O3/c1-12-10(14)6-13-5-8-3-2-4-9-11(8)16-7-15-9/h2-4,13H,5-7H2,1H3,(H,12,14). The van der Waals surface area contributed by atoms with Gasteiger partial charge in [-0.3, -0.25) is 4.79 Å². The molecule has 0 aliphatic carbocycles. The number of fused-ring (bicyclic) bond motifs is 1. The van der Waals surface area contributed by atoms with E-state index in [0.29, 0.717) is 13.1 Å². The monoisotopic (exact) mass is 222 g/mol. The van der Waals surface area contributed by atoms with E-state index in [1.54, 1.807) is 7.05 Å². The fourth-order valence-electron chi connectivity index (χ4n) is 1.53. The first-order valence-electron chi connectivity index (χ1n) is 5.10. The van der Waals surface area contributed by atoms with Crippen LogP contribution >= 0.6 is 0 Å². The minimum Gasteiger partial charge on any atom is -0.454 e. The van der Waals surface area contributed by atoms with Crippen LogP contribution in [0.3, 0.4) is 0 Å². The van der Waals surface area contributed by atoms with Crippen molar-refractivity contribution in [1.29, 1.82) is 0 Å². The lowest BCUT2D eigenvalue weighted by atomic mass is 10.2. The summed E-state index contributed by atoms with van der Waals surface area (Å²) in [6.45, 7) is 1.14. The Morgan fingerprint density at radius 1 is 1.44 bits per heavy atom. The molecule has 0 saturated carbocycles. The second-order valence-electron chi connectivity index (χ2n) is 3.43. The topological polar surface area (TPSA) is 59.6 Å². The van der Waals surface area contributed by atoms with Crippen LogP contribution in [0.25, 0.3) is 0 Å². The highest BCUT2D eigenvalue weighted by Gasteiger charge is 2.16. The molecule has 0 unspecified atom stereocenters. The van der Waals surface area contributed by atoms with E-state index in [0.717, 1.165) is 17.1 Å². The van der Waals surface area contributed by atoms with Crippen molar-refractivity contribution in [1.82, 2.24) is 10.6 Å². The third-order valence-electron chi connectivity index (χ3n) is 2.36. The molecule has 1 heterocycles. The Hall–Kier alpha value is -1.75. The first kappa shape index (κ1) is 10.8. The van der Waals surface area contributed by atoms with E-state index in [4.69, 9.17) is 9.47 Å². The van der Waals surface area contributed by atoms with Gasteiger partial charge in [-0.1, -0.05) is 12.1 Å². The van der Waals surface area contributed by atoms with Crippen molar-refractivity contribution in [3.63, 3.8) is 0 Å². The number of hydrogen-bond donors (Lipinski definition) is 2. The summed E-state index contributed by atoms with van der Waals surface area (Å²) in [5, 5.41) is 5.58. The van der Waals surface area contributed by atoms with E-state index in [9.17, 15) is 4.79 Å². The summed E-state index contributed by atoms with van der Waals surface area (Å²) >= 11 is 0. The molecule has 0 radical (unpaired) electrons. The van der Waals surface area contributed by atoms with Gasteiger partial charge >= 0.3 is 0 Å². The Morgan fingerprint density at radius 2 is 2.31 bits per heavy atom. The van der Waals surface area contributed by atoms with Crippen LogP contribution < -0.4 is 20.1 Å². The molecule has 1 aliphatic rings. The first-order chi connectivity index (χ1) is 7.81. The summed E-state index contributed by atoms with van der Waals surface area (Å²) in [7, 11) is 1.61. The van der Waals surface area contributed by atoms with Crippen LogP contribution in [0.5, 0.6) is 11.5 Å². The highest BCUT2D eigenvalue weighted by Crippen LogP contribution is 2.34. The average molecular weight is 222 g/mol. The summed E-state index contributed by atoms with van der Waals surface area (Å²) < 4.78 is 10.6. The highest BCUT2D eigenvalue weighted by atomic mass is 16.7. The van der Waals surface area contributed by atoms with Gasteiger partial charge in [-0.2, -0.15) is 0 Å². The molecule has 0 spiro atoms. The summed E-state index contributed by atoms with van der Waals surface area (Å²) in [4.78, 5) is 11.0. The fourth-order valence-corrected chi connectivity index (χ4v) is 1.53. The zero-order valence-corrected chi connectivity index (χ0v) is 9.08. The van der Waals surface area contributed by atoms with Crippen molar-refractivity contribution in [3.8, 4) is 11.5 Å². The maximum atomic E-state index is 11.0. The Morgan fingerprint density at radius 3 is 3.12 bits per heavy atom. The van der Waals surface area contributed by atoms with Crippen molar-refractivity contribution in [3.05, 3.63) is 23.8 Å². The number of ether oxygens (including phenoxy) is 2. The molecular formula is C11H14N2O3. The SMILES string of the molecule is CNC(=O)CNCc1cccc2c1OCO2. The molecule has 1 aromatic carbocycles. The summed E-state index contributed by atoms with van der Waals surface area (Å²) in [5.41, 5.74) is 0.999. The number of amides is 1. The molecule has 0 fully saturated rings. The molecule has 0 aromatic heterocycles. The lowest BCUT2D eigenvalue weighted by Crippen LogP contribution is -2.31. The molecule has 0 bridgehead atoms. The molecule has 16 heavy (non-hydrogen) atoms. The van der Waals surface area contributed by atoms with E-state index in [-0.39, 0.29) is 12.7 Å². The maximum absolute atomic E-state index is 11.0. The Labute approximate surface area is 93.7 Å². The smallest absolute Gasteiger partial charge is 0.233 e. The number of carbonyl (C=O) groups excluding carboxylic acids is 1. The van der Waals surface area contributed by atoms with Gasteiger partial charge in [0.1, 0.15) is 0 Å². The van der Waals surface area contributed by atoms with Gasteiger partial charge in [-0.05, 0) is 6.07 Å². The third-order valence-corrected chi connectivity index (χ3v) is 2.36. The minimum absolute atomic E-state index is 0.0373. The van der Waals surface area contributed by atoms with Crippen LogP contribution in [0.1, 0.15) is 5.56 Å². The van der Waals surface area contributed by atoms with Crippen molar-refractivity contribution in [2.75, 3.05) is 20.4 Å². The molecule has 0 atom stereocenters. The third kappa shape index (κ3) is 2.25. The molecule has 5 heteroatoms. The van der Waals surface area contributed by atoms with Crippen LogP contribution in [0.15, 0.2) is 18.2 Å². The van der Waals surface area contributed by atoms with Gasteiger partial charge in [0.2, 0.25) is 12.7 Å².